The van der Waals surface area contributed by atoms with Crippen molar-refractivity contribution in [3.8, 4) is 5.88 Å². The van der Waals surface area contributed by atoms with E-state index < -0.39 is 0 Å². The standard InChI is InChI=1S/C15H23NO2/c1-3-11-4-6-12(7-5-11)15(17)13-8-9-14(18-2)16-10-13/h8-12,15,17H,3-7H2,1-2H3. The van der Waals surface area contributed by atoms with Crippen LogP contribution in [0.4, 0.5) is 0 Å². The first-order valence-electron chi connectivity index (χ1n) is 6.92. The van der Waals surface area contributed by atoms with E-state index in [1.165, 1.54) is 19.3 Å². The summed E-state index contributed by atoms with van der Waals surface area (Å²) in [6.45, 7) is 2.26. The molecule has 1 fully saturated rings. The van der Waals surface area contributed by atoms with Gasteiger partial charge in [0.15, 0.2) is 0 Å². The van der Waals surface area contributed by atoms with Gasteiger partial charge >= 0.3 is 0 Å². The number of ether oxygens (including phenoxy) is 1. The van der Waals surface area contributed by atoms with E-state index in [1.807, 2.05) is 12.1 Å². The van der Waals surface area contributed by atoms with Crippen LogP contribution in [0.15, 0.2) is 18.3 Å². The zero-order valence-electron chi connectivity index (χ0n) is 11.3. The van der Waals surface area contributed by atoms with Crippen LogP contribution in [0, 0.1) is 11.8 Å². The van der Waals surface area contributed by atoms with Crippen LogP contribution in [0.1, 0.15) is 50.7 Å². The van der Waals surface area contributed by atoms with Gasteiger partial charge in [-0.3, -0.25) is 0 Å². The molecule has 1 heterocycles. The highest BCUT2D eigenvalue weighted by Crippen LogP contribution is 2.37. The van der Waals surface area contributed by atoms with Gasteiger partial charge < -0.3 is 9.84 Å². The van der Waals surface area contributed by atoms with Crippen molar-refractivity contribution in [1.29, 1.82) is 0 Å². The maximum absolute atomic E-state index is 10.4. The van der Waals surface area contributed by atoms with Crippen LogP contribution in [0.5, 0.6) is 5.88 Å². The molecule has 0 amide bonds. The van der Waals surface area contributed by atoms with E-state index in [1.54, 1.807) is 13.3 Å². The van der Waals surface area contributed by atoms with E-state index in [4.69, 9.17) is 4.74 Å². The summed E-state index contributed by atoms with van der Waals surface area (Å²) in [4.78, 5) is 4.16. The van der Waals surface area contributed by atoms with Crippen molar-refractivity contribution in [3.63, 3.8) is 0 Å². The lowest BCUT2D eigenvalue weighted by molar-refractivity contribution is 0.0726. The minimum Gasteiger partial charge on any atom is -0.481 e. The molecule has 0 saturated heterocycles. The van der Waals surface area contributed by atoms with Gasteiger partial charge in [0.2, 0.25) is 5.88 Å². The first-order chi connectivity index (χ1) is 8.74. The highest BCUT2D eigenvalue weighted by atomic mass is 16.5. The maximum Gasteiger partial charge on any atom is 0.212 e. The Morgan fingerprint density at radius 3 is 2.56 bits per heavy atom. The van der Waals surface area contributed by atoms with Gasteiger partial charge in [0, 0.05) is 12.3 Å². The number of aliphatic hydroxyl groups excluding tert-OH is 1. The van der Waals surface area contributed by atoms with Gasteiger partial charge in [-0.2, -0.15) is 0 Å². The van der Waals surface area contributed by atoms with Crippen molar-refractivity contribution in [3.05, 3.63) is 23.9 Å². The second kappa shape index (κ2) is 6.19. The van der Waals surface area contributed by atoms with E-state index in [2.05, 4.69) is 11.9 Å². The summed E-state index contributed by atoms with van der Waals surface area (Å²) in [6, 6.07) is 3.73. The van der Waals surface area contributed by atoms with Gasteiger partial charge in [-0.05, 0) is 36.3 Å². The van der Waals surface area contributed by atoms with Crippen LogP contribution < -0.4 is 4.74 Å². The fourth-order valence-electron chi connectivity index (χ4n) is 2.87. The quantitative estimate of drug-likeness (QED) is 0.890. The van der Waals surface area contributed by atoms with Gasteiger partial charge in [0.25, 0.3) is 0 Å². The maximum atomic E-state index is 10.4. The van der Waals surface area contributed by atoms with Crippen molar-refractivity contribution in [2.24, 2.45) is 11.8 Å². The second-order valence-electron chi connectivity index (χ2n) is 5.27. The first kappa shape index (κ1) is 13.3. The molecule has 1 aliphatic carbocycles. The van der Waals surface area contributed by atoms with Gasteiger partial charge in [-0.15, -0.1) is 0 Å². The molecule has 1 aromatic rings. The Hall–Kier alpha value is -1.09. The summed E-state index contributed by atoms with van der Waals surface area (Å²) in [7, 11) is 1.60. The van der Waals surface area contributed by atoms with Crippen LogP contribution in [0.3, 0.4) is 0 Å². The second-order valence-corrected chi connectivity index (χ2v) is 5.27. The summed E-state index contributed by atoms with van der Waals surface area (Å²) < 4.78 is 5.03. The van der Waals surface area contributed by atoms with Crippen LogP contribution in [-0.2, 0) is 0 Å². The molecule has 0 spiro atoms. The van der Waals surface area contributed by atoms with Crippen molar-refractivity contribution >= 4 is 0 Å². The van der Waals surface area contributed by atoms with Gasteiger partial charge in [0.05, 0.1) is 13.2 Å². The molecule has 0 radical (unpaired) electrons. The molecule has 3 heteroatoms. The normalized spacial score (nSPS) is 25.7. The molecule has 100 valence electrons. The van der Waals surface area contributed by atoms with Gasteiger partial charge in [-0.25, -0.2) is 4.98 Å². The van der Waals surface area contributed by atoms with Gasteiger partial charge in [-0.1, -0.05) is 26.2 Å². The molecule has 0 aromatic carbocycles. The number of pyridine rings is 1. The average Bonchev–Trinajstić information content (AvgIpc) is 2.47. The zero-order valence-corrected chi connectivity index (χ0v) is 11.3. The Morgan fingerprint density at radius 2 is 2.06 bits per heavy atom. The van der Waals surface area contributed by atoms with Crippen LogP contribution in [0.2, 0.25) is 0 Å². The molecule has 1 saturated carbocycles. The first-order valence-corrected chi connectivity index (χ1v) is 6.92. The monoisotopic (exact) mass is 249 g/mol. The molecule has 3 nitrogen and oxygen atoms in total. The molecular formula is C15H23NO2. The summed E-state index contributed by atoms with van der Waals surface area (Å²) in [5, 5.41) is 10.4. The summed E-state index contributed by atoms with van der Waals surface area (Å²) in [5.41, 5.74) is 0.913. The SMILES string of the molecule is CCC1CCC(C(O)c2ccc(OC)nc2)CC1. The molecular weight excluding hydrogens is 226 g/mol. The number of rotatable bonds is 4. The van der Waals surface area contributed by atoms with Crippen molar-refractivity contribution < 1.29 is 9.84 Å². The van der Waals surface area contributed by atoms with E-state index in [0.717, 1.165) is 24.3 Å². The van der Waals surface area contributed by atoms with E-state index in [9.17, 15) is 5.11 Å². The number of methoxy groups -OCH3 is 1. The van der Waals surface area contributed by atoms with E-state index in [0.29, 0.717) is 11.8 Å². The number of hydrogen-bond acceptors (Lipinski definition) is 3. The number of hydrogen-bond donors (Lipinski definition) is 1. The predicted octanol–water partition coefficient (Wildman–Crippen LogP) is 3.34. The smallest absolute Gasteiger partial charge is 0.212 e. The average molecular weight is 249 g/mol. The third-order valence-corrected chi connectivity index (χ3v) is 4.23. The lowest BCUT2D eigenvalue weighted by Gasteiger charge is -2.31. The zero-order chi connectivity index (χ0) is 13.0. The van der Waals surface area contributed by atoms with Crippen molar-refractivity contribution in [2.45, 2.75) is 45.1 Å². The Balaban J connectivity index is 1.96. The van der Waals surface area contributed by atoms with Crippen molar-refractivity contribution in [2.75, 3.05) is 7.11 Å². The molecule has 18 heavy (non-hydrogen) atoms. The summed E-state index contributed by atoms with van der Waals surface area (Å²) in [5.74, 6) is 1.85. The Labute approximate surface area is 109 Å². The van der Waals surface area contributed by atoms with E-state index in [-0.39, 0.29) is 6.10 Å². The fourth-order valence-corrected chi connectivity index (χ4v) is 2.87. The Kier molecular flexibility index (Phi) is 4.59. The Morgan fingerprint density at radius 1 is 1.33 bits per heavy atom. The van der Waals surface area contributed by atoms with Gasteiger partial charge in [0.1, 0.15) is 0 Å². The predicted molar refractivity (Wildman–Crippen MR) is 71.5 cm³/mol. The fraction of sp³-hybridized carbons (Fsp3) is 0.667. The molecule has 0 aliphatic heterocycles. The van der Waals surface area contributed by atoms with E-state index >= 15 is 0 Å². The molecule has 1 unspecified atom stereocenters. The molecule has 1 aromatic heterocycles. The van der Waals surface area contributed by atoms with Crippen LogP contribution >= 0.6 is 0 Å². The van der Waals surface area contributed by atoms with Crippen molar-refractivity contribution in [1.82, 2.24) is 4.98 Å². The Bertz CT molecular complexity index is 355. The van der Waals surface area contributed by atoms with Crippen LogP contribution in [-0.4, -0.2) is 17.2 Å². The highest BCUT2D eigenvalue weighted by Gasteiger charge is 2.26. The number of nitrogens with zero attached hydrogens (tertiary/aromatic N) is 1. The minimum atomic E-state index is -0.374. The lowest BCUT2D eigenvalue weighted by atomic mass is 9.77. The summed E-state index contributed by atoms with van der Waals surface area (Å²) >= 11 is 0. The third kappa shape index (κ3) is 3.02. The topological polar surface area (TPSA) is 42.4 Å². The molecule has 0 bridgehead atoms. The molecule has 1 N–H and O–H groups in total. The largest absolute Gasteiger partial charge is 0.481 e. The number of aliphatic hydroxyl groups is 1. The highest BCUT2D eigenvalue weighted by molar-refractivity contribution is 5.20. The molecule has 2 rings (SSSR count). The third-order valence-electron chi connectivity index (χ3n) is 4.23. The molecule has 1 atom stereocenters. The van der Waals surface area contributed by atoms with Crippen LogP contribution in [0.25, 0.3) is 0 Å². The number of aromatic nitrogens is 1. The summed E-state index contributed by atoms with van der Waals surface area (Å²) in [6.07, 6.45) is 7.39. The molecule has 1 aliphatic rings. The lowest BCUT2D eigenvalue weighted by Crippen LogP contribution is -2.20. The minimum absolute atomic E-state index is 0.374.